The van der Waals surface area contributed by atoms with E-state index < -0.39 is 0 Å². The SMILES string of the molecule is CC1(c2ccc(CF)cc2)CC1. The van der Waals surface area contributed by atoms with Crippen LogP contribution < -0.4 is 0 Å². The number of alkyl halides is 1. The Morgan fingerprint density at radius 1 is 1.25 bits per heavy atom. The Bertz CT molecular complexity index is 270. The molecule has 0 aromatic heterocycles. The number of rotatable bonds is 2. The van der Waals surface area contributed by atoms with Gasteiger partial charge in [-0.25, -0.2) is 4.39 Å². The van der Waals surface area contributed by atoms with E-state index in [9.17, 15) is 4.39 Å². The van der Waals surface area contributed by atoms with Crippen LogP contribution in [0.1, 0.15) is 30.9 Å². The third kappa shape index (κ3) is 1.24. The average molecular weight is 164 g/mol. The van der Waals surface area contributed by atoms with E-state index in [-0.39, 0.29) is 6.67 Å². The van der Waals surface area contributed by atoms with Crippen molar-refractivity contribution in [3.05, 3.63) is 35.4 Å². The van der Waals surface area contributed by atoms with Gasteiger partial charge in [0, 0.05) is 0 Å². The van der Waals surface area contributed by atoms with Gasteiger partial charge in [0.15, 0.2) is 0 Å². The van der Waals surface area contributed by atoms with Crippen molar-refractivity contribution in [2.24, 2.45) is 0 Å². The van der Waals surface area contributed by atoms with Crippen LogP contribution in [-0.4, -0.2) is 0 Å². The van der Waals surface area contributed by atoms with Crippen molar-refractivity contribution in [1.82, 2.24) is 0 Å². The van der Waals surface area contributed by atoms with Gasteiger partial charge in [0.05, 0.1) is 0 Å². The zero-order chi connectivity index (χ0) is 8.60. The van der Waals surface area contributed by atoms with Gasteiger partial charge in [-0.3, -0.25) is 0 Å². The molecule has 0 nitrogen and oxygen atoms in total. The molecule has 1 fully saturated rings. The smallest absolute Gasteiger partial charge is 0.115 e. The highest BCUT2D eigenvalue weighted by atomic mass is 19.1. The van der Waals surface area contributed by atoms with Crippen LogP contribution in [-0.2, 0) is 12.1 Å². The summed E-state index contributed by atoms with van der Waals surface area (Å²) < 4.78 is 12.2. The summed E-state index contributed by atoms with van der Waals surface area (Å²) in [5, 5.41) is 0. The lowest BCUT2D eigenvalue weighted by Crippen LogP contribution is -1.98. The van der Waals surface area contributed by atoms with Gasteiger partial charge >= 0.3 is 0 Å². The van der Waals surface area contributed by atoms with Gasteiger partial charge in [0.25, 0.3) is 0 Å². The molecule has 1 aliphatic carbocycles. The molecule has 1 aromatic carbocycles. The Balaban J connectivity index is 2.25. The Morgan fingerprint density at radius 3 is 2.25 bits per heavy atom. The van der Waals surface area contributed by atoms with Crippen LogP contribution in [0.15, 0.2) is 24.3 Å². The quantitative estimate of drug-likeness (QED) is 0.629. The third-order valence-electron chi connectivity index (χ3n) is 2.81. The fraction of sp³-hybridized carbons (Fsp3) is 0.455. The molecular weight excluding hydrogens is 151 g/mol. The molecule has 0 amide bonds. The molecule has 0 atom stereocenters. The summed E-state index contributed by atoms with van der Waals surface area (Å²) in [5.41, 5.74) is 2.55. The zero-order valence-corrected chi connectivity index (χ0v) is 7.31. The lowest BCUT2D eigenvalue weighted by atomic mass is 9.97. The first-order chi connectivity index (χ1) is 5.74. The van der Waals surface area contributed by atoms with E-state index in [1.807, 2.05) is 12.1 Å². The summed E-state index contributed by atoms with van der Waals surface area (Å²) in [6.45, 7) is 1.91. The van der Waals surface area contributed by atoms with Crippen LogP contribution in [0.5, 0.6) is 0 Å². The molecule has 2 rings (SSSR count). The molecule has 0 bridgehead atoms. The van der Waals surface area contributed by atoms with E-state index >= 15 is 0 Å². The van der Waals surface area contributed by atoms with Crippen LogP contribution in [0.25, 0.3) is 0 Å². The third-order valence-corrected chi connectivity index (χ3v) is 2.81. The molecule has 0 saturated heterocycles. The van der Waals surface area contributed by atoms with Gasteiger partial charge in [-0.15, -0.1) is 0 Å². The fourth-order valence-corrected chi connectivity index (χ4v) is 1.47. The summed E-state index contributed by atoms with van der Waals surface area (Å²) in [7, 11) is 0. The van der Waals surface area contributed by atoms with Gasteiger partial charge in [-0.05, 0) is 29.4 Å². The minimum Gasteiger partial charge on any atom is -0.246 e. The van der Waals surface area contributed by atoms with Crippen molar-refractivity contribution in [2.45, 2.75) is 31.9 Å². The first-order valence-electron chi connectivity index (χ1n) is 4.40. The number of halogens is 1. The van der Waals surface area contributed by atoms with Gasteiger partial charge in [0.1, 0.15) is 6.67 Å². The highest BCUT2D eigenvalue weighted by Gasteiger charge is 2.38. The topological polar surface area (TPSA) is 0 Å². The van der Waals surface area contributed by atoms with Crippen LogP contribution in [0.2, 0.25) is 0 Å². The summed E-state index contributed by atoms with van der Waals surface area (Å²) in [6.07, 6.45) is 2.56. The van der Waals surface area contributed by atoms with Crippen LogP contribution in [0.3, 0.4) is 0 Å². The Labute approximate surface area is 72.4 Å². The summed E-state index contributed by atoms with van der Waals surface area (Å²) in [4.78, 5) is 0. The van der Waals surface area contributed by atoms with E-state index in [0.717, 1.165) is 5.56 Å². The van der Waals surface area contributed by atoms with Gasteiger partial charge in [-0.1, -0.05) is 31.2 Å². The normalized spacial score (nSPS) is 19.2. The van der Waals surface area contributed by atoms with Crippen LogP contribution in [0, 0.1) is 0 Å². The Hall–Kier alpha value is -0.850. The standard InChI is InChI=1S/C11H13F/c1-11(6-7-11)10-4-2-9(8-12)3-5-10/h2-5H,6-8H2,1H3. The Morgan fingerprint density at radius 2 is 1.83 bits per heavy atom. The molecule has 0 N–H and O–H groups in total. The minimum absolute atomic E-state index is 0.350. The van der Waals surface area contributed by atoms with E-state index in [1.165, 1.54) is 18.4 Å². The first-order valence-corrected chi connectivity index (χ1v) is 4.40. The maximum Gasteiger partial charge on any atom is 0.115 e. The monoisotopic (exact) mass is 164 g/mol. The minimum atomic E-state index is -0.350. The van der Waals surface area contributed by atoms with E-state index in [1.54, 1.807) is 0 Å². The van der Waals surface area contributed by atoms with Crippen molar-refractivity contribution in [3.63, 3.8) is 0 Å². The largest absolute Gasteiger partial charge is 0.246 e. The molecular formula is C11H13F. The van der Waals surface area contributed by atoms with E-state index in [4.69, 9.17) is 0 Å². The molecule has 1 heteroatoms. The molecule has 64 valence electrons. The lowest BCUT2D eigenvalue weighted by Gasteiger charge is -2.08. The van der Waals surface area contributed by atoms with Crippen LogP contribution >= 0.6 is 0 Å². The van der Waals surface area contributed by atoms with E-state index in [2.05, 4.69) is 19.1 Å². The van der Waals surface area contributed by atoms with Crippen molar-refractivity contribution in [3.8, 4) is 0 Å². The van der Waals surface area contributed by atoms with Crippen molar-refractivity contribution in [2.75, 3.05) is 0 Å². The fourth-order valence-electron chi connectivity index (χ4n) is 1.47. The van der Waals surface area contributed by atoms with E-state index in [0.29, 0.717) is 5.41 Å². The molecule has 0 radical (unpaired) electrons. The molecule has 0 heterocycles. The summed E-state index contributed by atoms with van der Waals surface area (Å²) in [6, 6.07) is 7.89. The van der Waals surface area contributed by atoms with Crippen LogP contribution in [0.4, 0.5) is 4.39 Å². The molecule has 12 heavy (non-hydrogen) atoms. The van der Waals surface area contributed by atoms with Crippen molar-refractivity contribution < 1.29 is 4.39 Å². The molecule has 1 saturated carbocycles. The number of hydrogen-bond donors (Lipinski definition) is 0. The van der Waals surface area contributed by atoms with Gasteiger partial charge < -0.3 is 0 Å². The molecule has 1 aliphatic rings. The average Bonchev–Trinajstić information content (AvgIpc) is 2.85. The zero-order valence-electron chi connectivity index (χ0n) is 7.31. The predicted molar refractivity (Wildman–Crippen MR) is 47.8 cm³/mol. The van der Waals surface area contributed by atoms with Gasteiger partial charge in [0.2, 0.25) is 0 Å². The maximum absolute atomic E-state index is 12.2. The Kier molecular flexibility index (Phi) is 1.67. The predicted octanol–water partition coefficient (Wildman–Crippen LogP) is 3.21. The molecule has 0 unspecified atom stereocenters. The van der Waals surface area contributed by atoms with Crippen molar-refractivity contribution in [1.29, 1.82) is 0 Å². The second kappa shape index (κ2) is 2.58. The molecule has 1 aromatic rings. The van der Waals surface area contributed by atoms with Crippen molar-refractivity contribution >= 4 is 0 Å². The second-order valence-electron chi connectivity index (χ2n) is 3.89. The first kappa shape index (κ1) is 7.78. The van der Waals surface area contributed by atoms with Gasteiger partial charge in [-0.2, -0.15) is 0 Å². The second-order valence-corrected chi connectivity index (χ2v) is 3.89. The number of benzene rings is 1. The molecule has 0 spiro atoms. The highest BCUT2D eigenvalue weighted by molar-refractivity contribution is 5.32. The maximum atomic E-state index is 12.2. The molecule has 0 aliphatic heterocycles. The summed E-state index contributed by atoms with van der Waals surface area (Å²) in [5.74, 6) is 0. The summed E-state index contributed by atoms with van der Waals surface area (Å²) >= 11 is 0. The lowest BCUT2D eigenvalue weighted by molar-refractivity contribution is 0.485. The number of hydrogen-bond acceptors (Lipinski definition) is 0. The highest BCUT2D eigenvalue weighted by Crippen LogP contribution is 2.47.